The summed E-state index contributed by atoms with van der Waals surface area (Å²) in [6.07, 6.45) is 0.545. The molecule has 1 fully saturated rings. The van der Waals surface area contributed by atoms with Gasteiger partial charge >= 0.3 is 5.97 Å². The minimum absolute atomic E-state index is 0.0806. The highest BCUT2D eigenvalue weighted by Gasteiger charge is 2.56. The lowest BCUT2D eigenvalue weighted by Gasteiger charge is -2.38. The zero-order valence-electron chi connectivity index (χ0n) is 14.7. The van der Waals surface area contributed by atoms with Crippen LogP contribution in [0.1, 0.15) is 37.3 Å². The predicted octanol–water partition coefficient (Wildman–Crippen LogP) is 4.47. The first-order valence-electron chi connectivity index (χ1n) is 8.68. The third kappa shape index (κ3) is 3.07. The van der Waals surface area contributed by atoms with Gasteiger partial charge in [-0.05, 0) is 49.3 Å². The number of carboxylic acid groups (broad SMARTS) is 1. The molecule has 2 atom stereocenters. The van der Waals surface area contributed by atoms with Gasteiger partial charge in [-0.2, -0.15) is 0 Å². The monoisotopic (exact) mass is 365 g/mol. The third-order valence-corrected chi connectivity index (χ3v) is 5.28. The fourth-order valence-electron chi connectivity index (χ4n) is 3.96. The van der Waals surface area contributed by atoms with E-state index in [2.05, 4.69) is 0 Å². The van der Waals surface area contributed by atoms with E-state index in [0.29, 0.717) is 18.4 Å². The number of halogens is 3. The second-order valence-corrected chi connectivity index (χ2v) is 7.21. The van der Waals surface area contributed by atoms with Crippen LogP contribution in [0.15, 0.2) is 41.2 Å². The molecule has 26 heavy (non-hydrogen) atoms. The number of aliphatic carboxylic acids is 1. The van der Waals surface area contributed by atoms with Gasteiger partial charge in [0.1, 0.15) is 5.83 Å². The normalized spacial score (nSPS) is 24.0. The average molecular weight is 365 g/mol. The summed E-state index contributed by atoms with van der Waals surface area (Å²) >= 11 is 0. The van der Waals surface area contributed by atoms with Gasteiger partial charge in [-0.1, -0.05) is 24.3 Å². The Balaban J connectivity index is 2.22. The van der Waals surface area contributed by atoms with Crippen LogP contribution in [0, 0.1) is 18.8 Å². The van der Waals surface area contributed by atoms with Crippen LogP contribution >= 0.6 is 0 Å². The van der Waals surface area contributed by atoms with Crippen LogP contribution in [0.5, 0.6) is 0 Å². The van der Waals surface area contributed by atoms with Crippen molar-refractivity contribution in [3.8, 4) is 0 Å². The Morgan fingerprint density at radius 3 is 2.46 bits per heavy atom. The number of alkyl halides is 2. The number of allylic oxidation sites excluding steroid dienone is 3. The second-order valence-electron chi connectivity index (χ2n) is 7.21. The number of hydrogen-bond acceptors (Lipinski definition) is 2. The number of carboxylic acids is 1. The molecule has 3 nitrogen and oxygen atoms in total. The fourth-order valence-corrected chi connectivity index (χ4v) is 3.96. The van der Waals surface area contributed by atoms with E-state index < -0.39 is 36.1 Å². The lowest BCUT2D eigenvalue weighted by molar-refractivity contribution is -0.138. The highest BCUT2D eigenvalue weighted by atomic mass is 19.3. The highest BCUT2D eigenvalue weighted by Crippen LogP contribution is 2.56. The molecule has 0 amide bonds. The van der Waals surface area contributed by atoms with E-state index in [-0.39, 0.29) is 22.6 Å². The first-order chi connectivity index (χ1) is 12.2. The van der Waals surface area contributed by atoms with Gasteiger partial charge in [-0.25, -0.2) is 13.2 Å². The van der Waals surface area contributed by atoms with E-state index in [0.717, 1.165) is 5.56 Å². The number of carbonyl (C=O) groups is 1. The quantitative estimate of drug-likeness (QED) is 0.809. The van der Waals surface area contributed by atoms with Gasteiger partial charge < -0.3 is 10.8 Å². The van der Waals surface area contributed by atoms with E-state index in [1.807, 2.05) is 0 Å². The Morgan fingerprint density at radius 2 is 1.92 bits per heavy atom. The molecule has 1 saturated carbocycles. The van der Waals surface area contributed by atoms with Gasteiger partial charge in [0.2, 0.25) is 0 Å². The first kappa shape index (κ1) is 18.7. The SMILES string of the molecule is CC1=C(C2CC2)C(F)(F)C(C(N)CC(=O)O)C(F)=C1c1ccccc1C. The molecule has 3 rings (SSSR count). The maximum Gasteiger partial charge on any atom is 0.304 e. The Morgan fingerprint density at radius 1 is 1.31 bits per heavy atom. The highest BCUT2D eigenvalue weighted by molar-refractivity contribution is 5.85. The summed E-state index contributed by atoms with van der Waals surface area (Å²) in [6.45, 7) is 3.32. The number of nitrogens with two attached hydrogens (primary N) is 1. The summed E-state index contributed by atoms with van der Waals surface area (Å²) in [7, 11) is 0. The molecular weight excluding hydrogens is 343 g/mol. The molecule has 0 spiro atoms. The smallest absolute Gasteiger partial charge is 0.304 e. The Kier molecular flexibility index (Phi) is 4.73. The van der Waals surface area contributed by atoms with Crippen LogP contribution in [0.25, 0.3) is 5.57 Å². The molecular formula is C20H22F3NO2. The first-order valence-corrected chi connectivity index (χ1v) is 8.68. The molecule has 140 valence electrons. The maximum absolute atomic E-state index is 15.4. The third-order valence-electron chi connectivity index (χ3n) is 5.28. The van der Waals surface area contributed by atoms with E-state index in [1.165, 1.54) is 6.92 Å². The lowest BCUT2D eigenvalue weighted by Crippen LogP contribution is -2.47. The summed E-state index contributed by atoms with van der Waals surface area (Å²) in [5, 5.41) is 8.96. The number of rotatable bonds is 5. The van der Waals surface area contributed by atoms with E-state index in [4.69, 9.17) is 10.8 Å². The molecule has 6 heteroatoms. The number of aryl methyl sites for hydroxylation is 1. The van der Waals surface area contributed by atoms with E-state index in [1.54, 1.807) is 31.2 Å². The molecule has 0 aromatic heterocycles. The molecule has 2 unspecified atom stereocenters. The molecule has 0 saturated heterocycles. The summed E-state index contributed by atoms with van der Waals surface area (Å²) < 4.78 is 45.8. The van der Waals surface area contributed by atoms with Crippen molar-refractivity contribution in [1.29, 1.82) is 0 Å². The molecule has 1 aromatic carbocycles. The van der Waals surface area contributed by atoms with Crippen LogP contribution in [0.4, 0.5) is 13.2 Å². The standard InChI is InChI=1S/C20H22F3NO2/c1-10-5-3-4-6-13(10)16-11(2)17(12-7-8-12)20(22,23)18(19(16)21)14(24)9-15(25)26/h3-6,12,14,18H,7-9,24H2,1-2H3,(H,25,26). The molecule has 2 aliphatic rings. The van der Waals surface area contributed by atoms with Crippen LogP contribution in [0.3, 0.4) is 0 Å². The van der Waals surface area contributed by atoms with Crippen molar-refractivity contribution in [3.63, 3.8) is 0 Å². The van der Waals surface area contributed by atoms with Crippen molar-refractivity contribution in [3.05, 3.63) is 52.4 Å². The average Bonchev–Trinajstić information content (AvgIpc) is 3.32. The number of hydrogen-bond donors (Lipinski definition) is 2. The summed E-state index contributed by atoms with van der Waals surface area (Å²) in [4.78, 5) is 11.0. The topological polar surface area (TPSA) is 63.3 Å². The summed E-state index contributed by atoms with van der Waals surface area (Å²) in [5.74, 6) is -8.09. The minimum atomic E-state index is -3.49. The Hall–Kier alpha value is -2.08. The van der Waals surface area contributed by atoms with Crippen LogP contribution < -0.4 is 5.73 Å². The van der Waals surface area contributed by atoms with E-state index in [9.17, 15) is 4.79 Å². The van der Waals surface area contributed by atoms with Gasteiger partial charge in [-0.3, -0.25) is 4.79 Å². The summed E-state index contributed by atoms with van der Waals surface area (Å²) in [5.41, 5.74) is 7.39. The Bertz CT molecular complexity index is 809. The van der Waals surface area contributed by atoms with Gasteiger partial charge in [0.05, 0.1) is 12.3 Å². The molecule has 2 aliphatic carbocycles. The molecule has 0 heterocycles. The zero-order chi connectivity index (χ0) is 19.2. The second kappa shape index (κ2) is 6.58. The molecule has 3 N–H and O–H groups in total. The van der Waals surface area contributed by atoms with Crippen molar-refractivity contribution in [2.45, 2.75) is 45.1 Å². The number of benzene rings is 1. The van der Waals surface area contributed by atoms with Crippen LogP contribution in [-0.4, -0.2) is 23.0 Å². The van der Waals surface area contributed by atoms with Gasteiger partial charge in [-0.15, -0.1) is 0 Å². The van der Waals surface area contributed by atoms with Crippen molar-refractivity contribution in [2.75, 3.05) is 0 Å². The van der Waals surface area contributed by atoms with Gasteiger partial charge in [0, 0.05) is 17.2 Å². The maximum atomic E-state index is 15.4. The molecule has 0 bridgehead atoms. The van der Waals surface area contributed by atoms with Crippen molar-refractivity contribution < 1.29 is 23.1 Å². The largest absolute Gasteiger partial charge is 0.481 e. The predicted molar refractivity (Wildman–Crippen MR) is 93.3 cm³/mol. The van der Waals surface area contributed by atoms with Gasteiger partial charge in [0.15, 0.2) is 0 Å². The fraction of sp³-hybridized carbons (Fsp3) is 0.450. The van der Waals surface area contributed by atoms with Crippen molar-refractivity contribution in [1.82, 2.24) is 0 Å². The zero-order valence-corrected chi connectivity index (χ0v) is 14.7. The molecule has 0 radical (unpaired) electrons. The van der Waals surface area contributed by atoms with Gasteiger partial charge in [0.25, 0.3) is 5.92 Å². The summed E-state index contributed by atoms with van der Waals surface area (Å²) in [6, 6.07) is 5.50. The molecule has 0 aliphatic heterocycles. The van der Waals surface area contributed by atoms with Crippen molar-refractivity contribution >= 4 is 11.5 Å². The van der Waals surface area contributed by atoms with E-state index >= 15 is 13.2 Å². The lowest BCUT2D eigenvalue weighted by atomic mass is 9.73. The Labute approximate surface area is 150 Å². The van der Waals surface area contributed by atoms with Crippen molar-refractivity contribution in [2.24, 2.45) is 17.6 Å². The van der Waals surface area contributed by atoms with Crippen LogP contribution in [-0.2, 0) is 4.79 Å². The van der Waals surface area contributed by atoms with Crippen LogP contribution in [0.2, 0.25) is 0 Å². The minimum Gasteiger partial charge on any atom is -0.481 e. The molecule has 1 aromatic rings.